The van der Waals surface area contributed by atoms with Crippen LogP contribution in [0.5, 0.6) is 0 Å². The average molecular weight is 371 g/mol. The number of esters is 1. The summed E-state index contributed by atoms with van der Waals surface area (Å²) in [5.74, 6) is 0.169. The highest BCUT2D eigenvalue weighted by Gasteiger charge is 2.29. The third-order valence-electron chi connectivity index (χ3n) is 4.77. The van der Waals surface area contributed by atoms with Gasteiger partial charge in [0.2, 0.25) is 0 Å². The van der Waals surface area contributed by atoms with E-state index in [9.17, 15) is 9.59 Å². The third kappa shape index (κ3) is 3.80. The minimum atomic E-state index is -0.515. The van der Waals surface area contributed by atoms with E-state index in [0.29, 0.717) is 30.4 Å². The van der Waals surface area contributed by atoms with Gasteiger partial charge in [-0.2, -0.15) is 0 Å². The Bertz CT molecular complexity index is 853. The van der Waals surface area contributed by atoms with Crippen LogP contribution in [0.15, 0.2) is 28.8 Å². The van der Waals surface area contributed by atoms with E-state index < -0.39 is 11.9 Å². The minimum absolute atomic E-state index is 0.199. The first-order chi connectivity index (χ1) is 13.2. The largest absolute Gasteiger partial charge is 0.465 e. The minimum Gasteiger partial charge on any atom is -0.465 e. The van der Waals surface area contributed by atoms with E-state index in [2.05, 4.69) is 15.4 Å². The Morgan fingerprint density at radius 1 is 1.22 bits per heavy atom. The highest BCUT2D eigenvalue weighted by atomic mass is 16.5. The van der Waals surface area contributed by atoms with Crippen LogP contribution in [0.2, 0.25) is 0 Å². The number of morpholine rings is 1. The molecule has 0 unspecified atom stereocenters. The normalized spacial score (nSPS) is 16.9. The molecule has 8 heteroatoms. The average Bonchev–Trinajstić information content (AvgIpc) is 3.44. The first kappa shape index (κ1) is 17.5. The van der Waals surface area contributed by atoms with Crippen LogP contribution >= 0.6 is 0 Å². The number of carbonyl (C=O) groups is 2. The number of hydrogen-bond acceptors (Lipinski definition) is 7. The summed E-state index contributed by atoms with van der Waals surface area (Å²) < 4.78 is 15.5. The lowest BCUT2D eigenvalue weighted by atomic mass is 10.1. The van der Waals surface area contributed by atoms with E-state index in [1.54, 1.807) is 18.2 Å². The summed E-state index contributed by atoms with van der Waals surface area (Å²) in [7, 11) is 1.31. The predicted molar refractivity (Wildman–Crippen MR) is 97.2 cm³/mol. The standard InChI is InChI=1S/C19H21N3O5/c1-25-19(24)14-10-13(22-6-8-26-9-7-22)4-5-15(14)20-18(23)16-11-17(27-21-16)12-2-3-12/h4-5,10-12H,2-3,6-9H2,1H3,(H,20,23). The molecule has 1 aliphatic carbocycles. The van der Waals surface area contributed by atoms with Crippen LogP contribution < -0.4 is 10.2 Å². The molecule has 1 amide bonds. The molecule has 0 bridgehead atoms. The maximum absolute atomic E-state index is 12.5. The number of ether oxygens (including phenoxy) is 2. The number of methoxy groups -OCH3 is 1. The van der Waals surface area contributed by atoms with Gasteiger partial charge in [-0.15, -0.1) is 0 Å². The Morgan fingerprint density at radius 3 is 2.70 bits per heavy atom. The number of nitrogens with zero attached hydrogens (tertiary/aromatic N) is 2. The van der Waals surface area contributed by atoms with Crippen LogP contribution in [0.4, 0.5) is 11.4 Å². The highest BCUT2D eigenvalue weighted by Crippen LogP contribution is 2.40. The lowest BCUT2D eigenvalue weighted by Gasteiger charge is -2.29. The summed E-state index contributed by atoms with van der Waals surface area (Å²) in [6.45, 7) is 2.77. The van der Waals surface area contributed by atoms with E-state index >= 15 is 0 Å². The van der Waals surface area contributed by atoms with Crippen molar-refractivity contribution in [2.24, 2.45) is 0 Å². The first-order valence-electron chi connectivity index (χ1n) is 8.98. The maximum Gasteiger partial charge on any atom is 0.340 e. The Balaban J connectivity index is 1.56. The zero-order chi connectivity index (χ0) is 18.8. The molecule has 2 heterocycles. The predicted octanol–water partition coefficient (Wildman–Crippen LogP) is 2.43. The molecule has 27 heavy (non-hydrogen) atoms. The molecule has 1 saturated carbocycles. The second-order valence-corrected chi connectivity index (χ2v) is 6.66. The Kier molecular flexibility index (Phi) is 4.81. The van der Waals surface area contributed by atoms with E-state index in [1.165, 1.54) is 7.11 Å². The van der Waals surface area contributed by atoms with Gasteiger partial charge >= 0.3 is 5.97 Å². The van der Waals surface area contributed by atoms with Crippen LogP contribution in [0.1, 0.15) is 45.4 Å². The van der Waals surface area contributed by atoms with Gasteiger partial charge < -0.3 is 24.2 Å². The molecule has 2 fully saturated rings. The summed E-state index contributed by atoms with van der Waals surface area (Å²) in [6, 6.07) is 6.96. The monoisotopic (exact) mass is 371 g/mol. The summed E-state index contributed by atoms with van der Waals surface area (Å²) in [6.07, 6.45) is 2.12. The fraction of sp³-hybridized carbons (Fsp3) is 0.421. The Labute approximate surface area is 156 Å². The molecule has 4 rings (SSSR count). The third-order valence-corrected chi connectivity index (χ3v) is 4.77. The van der Waals surface area contributed by atoms with Crippen LogP contribution in [0, 0.1) is 0 Å². The molecule has 1 aromatic heterocycles. The number of benzene rings is 1. The van der Waals surface area contributed by atoms with E-state index in [0.717, 1.165) is 37.4 Å². The Morgan fingerprint density at radius 2 is 2.00 bits per heavy atom. The van der Waals surface area contributed by atoms with Gasteiger partial charge in [0.1, 0.15) is 5.76 Å². The molecule has 8 nitrogen and oxygen atoms in total. The van der Waals surface area contributed by atoms with Gasteiger partial charge in [-0.05, 0) is 31.0 Å². The van der Waals surface area contributed by atoms with Crippen molar-refractivity contribution in [2.45, 2.75) is 18.8 Å². The van der Waals surface area contributed by atoms with Gasteiger partial charge in [0, 0.05) is 30.8 Å². The lowest BCUT2D eigenvalue weighted by Crippen LogP contribution is -2.36. The van der Waals surface area contributed by atoms with Crippen molar-refractivity contribution < 1.29 is 23.6 Å². The number of hydrogen-bond donors (Lipinski definition) is 1. The van der Waals surface area contributed by atoms with E-state index in [1.807, 2.05) is 6.07 Å². The SMILES string of the molecule is COC(=O)c1cc(N2CCOCC2)ccc1NC(=O)c1cc(C2CC2)on1. The number of anilines is 2. The number of nitrogens with one attached hydrogen (secondary N) is 1. The summed E-state index contributed by atoms with van der Waals surface area (Å²) in [5.41, 5.74) is 1.75. The van der Waals surface area contributed by atoms with Crippen molar-refractivity contribution in [2.75, 3.05) is 43.6 Å². The van der Waals surface area contributed by atoms with Gasteiger partial charge in [-0.25, -0.2) is 4.79 Å². The van der Waals surface area contributed by atoms with Crippen LogP contribution in [-0.4, -0.2) is 50.4 Å². The molecule has 0 spiro atoms. The number of rotatable bonds is 5. The van der Waals surface area contributed by atoms with Gasteiger partial charge in [-0.1, -0.05) is 5.16 Å². The molecule has 1 saturated heterocycles. The summed E-state index contributed by atoms with van der Waals surface area (Å²) in [4.78, 5) is 26.9. The van der Waals surface area contributed by atoms with Crippen molar-refractivity contribution in [1.29, 1.82) is 0 Å². The van der Waals surface area contributed by atoms with E-state index in [4.69, 9.17) is 14.0 Å². The topological polar surface area (TPSA) is 93.9 Å². The van der Waals surface area contributed by atoms with Gasteiger partial charge in [-0.3, -0.25) is 4.79 Å². The fourth-order valence-electron chi connectivity index (χ4n) is 3.08. The highest BCUT2D eigenvalue weighted by molar-refractivity contribution is 6.07. The van der Waals surface area contributed by atoms with Crippen molar-refractivity contribution in [3.8, 4) is 0 Å². The van der Waals surface area contributed by atoms with Gasteiger partial charge in [0.05, 0.1) is 31.6 Å². The fourth-order valence-corrected chi connectivity index (χ4v) is 3.08. The van der Waals surface area contributed by atoms with E-state index in [-0.39, 0.29) is 5.69 Å². The van der Waals surface area contributed by atoms with Crippen molar-refractivity contribution in [3.05, 3.63) is 41.3 Å². The molecular weight excluding hydrogens is 350 g/mol. The molecule has 2 aromatic rings. The summed E-state index contributed by atoms with van der Waals surface area (Å²) in [5, 5.41) is 6.57. The van der Waals surface area contributed by atoms with Crippen LogP contribution in [-0.2, 0) is 9.47 Å². The number of carbonyl (C=O) groups excluding carboxylic acids is 2. The zero-order valence-corrected chi connectivity index (χ0v) is 15.1. The Hall–Kier alpha value is -2.87. The molecular formula is C19H21N3O5. The van der Waals surface area contributed by atoms with Crippen LogP contribution in [0.25, 0.3) is 0 Å². The molecule has 0 atom stereocenters. The molecule has 1 aromatic carbocycles. The van der Waals surface area contributed by atoms with Crippen molar-refractivity contribution >= 4 is 23.3 Å². The smallest absolute Gasteiger partial charge is 0.340 e. The lowest BCUT2D eigenvalue weighted by molar-refractivity contribution is 0.0602. The second-order valence-electron chi connectivity index (χ2n) is 6.66. The maximum atomic E-state index is 12.5. The van der Waals surface area contributed by atoms with Crippen LogP contribution in [0.3, 0.4) is 0 Å². The van der Waals surface area contributed by atoms with Crippen molar-refractivity contribution in [1.82, 2.24) is 5.16 Å². The first-order valence-corrected chi connectivity index (χ1v) is 8.98. The quantitative estimate of drug-likeness (QED) is 0.807. The molecule has 142 valence electrons. The zero-order valence-electron chi connectivity index (χ0n) is 15.1. The number of aromatic nitrogens is 1. The number of amides is 1. The summed E-state index contributed by atoms with van der Waals surface area (Å²) >= 11 is 0. The molecule has 1 aliphatic heterocycles. The van der Waals surface area contributed by atoms with Gasteiger partial charge in [0.25, 0.3) is 5.91 Å². The molecule has 1 N–H and O–H groups in total. The molecule has 0 radical (unpaired) electrons. The van der Waals surface area contributed by atoms with Crippen molar-refractivity contribution in [3.63, 3.8) is 0 Å². The molecule has 2 aliphatic rings. The van der Waals surface area contributed by atoms with Gasteiger partial charge in [0.15, 0.2) is 5.69 Å². The second kappa shape index (κ2) is 7.40.